The largest absolute Gasteiger partial charge is 0.496 e. The molecule has 1 aliphatic heterocycles. The summed E-state index contributed by atoms with van der Waals surface area (Å²) in [5, 5.41) is 15.1. The van der Waals surface area contributed by atoms with Crippen LogP contribution in [0.2, 0.25) is 5.02 Å². The lowest BCUT2D eigenvalue weighted by Crippen LogP contribution is -2.67. The maximum atomic E-state index is 13.9. The fraction of sp³-hybridized carbons (Fsp3) is 0.458. The molecule has 1 spiro atoms. The molecule has 2 aromatic carbocycles. The van der Waals surface area contributed by atoms with Crippen LogP contribution in [-0.2, 0) is 0 Å². The topological polar surface area (TPSA) is 103 Å². The summed E-state index contributed by atoms with van der Waals surface area (Å²) in [4.78, 5) is 13.9. The van der Waals surface area contributed by atoms with Crippen molar-refractivity contribution in [3.8, 4) is 17.2 Å². The second kappa shape index (κ2) is 8.76. The Kier molecular flexibility index (Phi) is 6.30. The number of fused-ring (bicyclic) bond motifs is 1. The fourth-order valence-corrected chi connectivity index (χ4v) is 5.64. The Morgan fingerprint density at radius 2 is 1.91 bits per heavy atom. The van der Waals surface area contributed by atoms with Gasteiger partial charge in [0.25, 0.3) is 0 Å². The number of ether oxygens (including phenoxy) is 3. The van der Waals surface area contributed by atoms with E-state index in [1.807, 2.05) is 6.92 Å². The van der Waals surface area contributed by atoms with E-state index in [1.165, 1.54) is 32.4 Å². The highest BCUT2D eigenvalue weighted by molar-refractivity contribution is 6.35. The predicted molar refractivity (Wildman–Crippen MR) is 122 cm³/mol. The third-order valence-electron chi connectivity index (χ3n) is 7.03. The van der Waals surface area contributed by atoms with Crippen LogP contribution in [0.4, 0.5) is 4.39 Å². The van der Waals surface area contributed by atoms with E-state index >= 15 is 0 Å². The number of nitrogens with two attached hydrogens (primary N) is 1. The average molecular weight is 479 g/mol. The van der Waals surface area contributed by atoms with E-state index in [0.29, 0.717) is 12.2 Å². The number of benzene rings is 2. The van der Waals surface area contributed by atoms with Crippen molar-refractivity contribution in [3.63, 3.8) is 0 Å². The third kappa shape index (κ3) is 3.47. The number of halogens is 2. The summed E-state index contributed by atoms with van der Waals surface area (Å²) in [6, 6.07) is 6.60. The average Bonchev–Trinajstić information content (AvgIpc) is 3.11. The first kappa shape index (κ1) is 23.8. The van der Waals surface area contributed by atoms with Crippen LogP contribution >= 0.6 is 11.6 Å². The number of Topliss-reactive ketones (excluding diaryl/α,β-unsaturated/α-hetero) is 1. The molecule has 0 radical (unpaired) electrons. The van der Waals surface area contributed by atoms with Gasteiger partial charge in [-0.2, -0.15) is 0 Å². The van der Waals surface area contributed by atoms with Crippen molar-refractivity contribution < 1.29 is 28.5 Å². The molecule has 0 aromatic heterocycles. The van der Waals surface area contributed by atoms with Gasteiger partial charge in [0.15, 0.2) is 5.75 Å². The summed E-state index contributed by atoms with van der Waals surface area (Å²) >= 11 is 6.50. The Hall–Kier alpha value is -2.39. The maximum absolute atomic E-state index is 13.9. The zero-order valence-corrected chi connectivity index (χ0v) is 19.7. The molecule has 2 aromatic rings. The second-order valence-corrected chi connectivity index (χ2v) is 9.04. The van der Waals surface area contributed by atoms with Gasteiger partial charge in [0.2, 0.25) is 11.4 Å². The molecule has 33 heavy (non-hydrogen) atoms. The lowest BCUT2D eigenvalue weighted by atomic mass is 9.62. The van der Waals surface area contributed by atoms with E-state index in [4.69, 9.17) is 31.5 Å². The van der Waals surface area contributed by atoms with Crippen molar-refractivity contribution >= 4 is 17.4 Å². The highest BCUT2D eigenvalue weighted by Gasteiger charge is 2.64. The van der Waals surface area contributed by atoms with Crippen molar-refractivity contribution in [2.24, 2.45) is 17.6 Å². The summed E-state index contributed by atoms with van der Waals surface area (Å²) in [6.45, 7) is 1.83. The minimum atomic E-state index is -1.61. The van der Waals surface area contributed by atoms with E-state index in [1.54, 1.807) is 19.2 Å². The van der Waals surface area contributed by atoms with Crippen molar-refractivity contribution in [2.45, 2.75) is 37.1 Å². The standard InChI is InChI=1S/C24H28ClFN2O5/c1-11-9-14(27)17(20(28-2)12-5-7-13(26)8-6-12)22(29)24(11)23(30)18-15(31-3)10-16(32-4)19(25)21(18)33-24/h5-8,10-11,14,17,20,22,28-29H,9,27H2,1-4H3/t11-,14?,17?,20?,22?,24+/m1/s1. The van der Waals surface area contributed by atoms with Gasteiger partial charge in [-0.15, -0.1) is 0 Å². The Balaban J connectivity index is 1.82. The molecule has 7 nitrogen and oxygen atoms in total. The Labute approximate surface area is 197 Å². The maximum Gasteiger partial charge on any atom is 0.216 e. The first-order valence-electron chi connectivity index (χ1n) is 10.8. The number of hydrogen-bond donors (Lipinski definition) is 3. The number of methoxy groups -OCH3 is 2. The molecule has 1 saturated carbocycles. The Bertz CT molecular complexity index is 1070. The van der Waals surface area contributed by atoms with E-state index in [9.17, 15) is 14.3 Å². The zero-order chi connectivity index (χ0) is 24.1. The van der Waals surface area contributed by atoms with Gasteiger partial charge in [0.1, 0.15) is 34.0 Å². The van der Waals surface area contributed by atoms with Crippen molar-refractivity contribution in [1.29, 1.82) is 0 Å². The highest BCUT2D eigenvalue weighted by atomic mass is 35.5. The number of rotatable bonds is 5. The molecule has 0 amide bonds. The molecule has 1 heterocycles. The summed E-state index contributed by atoms with van der Waals surface area (Å²) in [5.74, 6) is -1.14. The molecular weight excluding hydrogens is 451 g/mol. The molecule has 1 fully saturated rings. The van der Waals surface area contributed by atoms with Crippen LogP contribution in [0.3, 0.4) is 0 Å². The number of ketones is 1. The van der Waals surface area contributed by atoms with Crippen LogP contribution in [0.25, 0.3) is 0 Å². The fourth-order valence-electron chi connectivity index (χ4n) is 5.37. The Morgan fingerprint density at radius 3 is 2.48 bits per heavy atom. The van der Waals surface area contributed by atoms with Gasteiger partial charge in [-0.3, -0.25) is 4.79 Å². The van der Waals surface area contributed by atoms with Crippen molar-refractivity contribution in [3.05, 3.63) is 52.3 Å². The van der Waals surface area contributed by atoms with Crippen LogP contribution in [0.15, 0.2) is 30.3 Å². The highest BCUT2D eigenvalue weighted by Crippen LogP contribution is 2.55. The van der Waals surface area contributed by atoms with Crippen LogP contribution in [0.1, 0.15) is 35.3 Å². The lowest BCUT2D eigenvalue weighted by molar-refractivity contribution is -0.118. The summed E-state index contributed by atoms with van der Waals surface area (Å²) < 4.78 is 30.5. The van der Waals surface area contributed by atoms with Gasteiger partial charge < -0.3 is 30.4 Å². The van der Waals surface area contributed by atoms with Crippen molar-refractivity contribution in [1.82, 2.24) is 5.32 Å². The van der Waals surface area contributed by atoms with E-state index in [2.05, 4.69) is 5.32 Å². The number of aliphatic hydroxyl groups is 1. The molecule has 6 atom stereocenters. The number of nitrogens with one attached hydrogen (secondary N) is 1. The first-order valence-corrected chi connectivity index (χ1v) is 11.1. The smallest absolute Gasteiger partial charge is 0.216 e. The summed E-state index contributed by atoms with van der Waals surface area (Å²) in [7, 11) is 4.62. The molecule has 4 unspecified atom stereocenters. The molecule has 178 valence electrons. The molecular formula is C24H28ClFN2O5. The van der Waals surface area contributed by atoms with Gasteiger partial charge in [0.05, 0.1) is 14.2 Å². The normalized spacial score (nSPS) is 29.5. The first-order chi connectivity index (χ1) is 15.7. The lowest BCUT2D eigenvalue weighted by Gasteiger charge is -2.50. The summed E-state index contributed by atoms with van der Waals surface area (Å²) in [6.07, 6.45) is -0.872. The SMILES string of the molecule is CNC(c1ccc(F)cc1)C1C(N)C[C@@H](C)[C@]2(Oc3c(Cl)c(OC)cc(OC)c3C2=O)C1O. The van der Waals surface area contributed by atoms with E-state index < -0.39 is 41.4 Å². The molecule has 1 aliphatic carbocycles. The van der Waals surface area contributed by atoms with Crippen LogP contribution in [0.5, 0.6) is 17.2 Å². The van der Waals surface area contributed by atoms with Gasteiger partial charge in [-0.1, -0.05) is 30.7 Å². The second-order valence-electron chi connectivity index (χ2n) is 8.66. The Morgan fingerprint density at radius 1 is 1.27 bits per heavy atom. The van der Waals surface area contributed by atoms with Gasteiger partial charge in [-0.05, 0) is 31.2 Å². The molecule has 4 N–H and O–H groups in total. The zero-order valence-electron chi connectivity index (χ0n) is 18.9. The number of aliphatic hydroxyl groups excluding tert-OH is 1. The molecule has 4 rings (SSSR count). The number of carbonyl (C=O) groups excluding carboxylic acids is 1. The third-order valence-corrected chi connectivity index (χ3v) is 7.38. The summed E-state index contributed by atoms with van der Waals surface area (Å²) in [5.41, 5.74) is 5.83. The quantitative estimate of drug-likeness (QED) is 0.606. The van der Waals surface area contributed by atoms with Crippen LogP contribution in [-0.4, -0.2) is 49.9 Å². The van der Waals surface area contributed by atoms with Gasteiger partial charge >= 0.3 is 0 Å². The van der Waals surface area contributed by atoms with Crippen LogP contribution < -0.4 is 25.3 Å². The van der Waals surface area contributed by atoms with Crippen LogP contribution in [0, 0.1) is 17.7 Å². The number of carbonyl (C=O) groups is 1. The van der Waals surface area contributed by atoms with E-state index in [-0.39, 0.29) is 27.9 Å². The number of hydrogen-bond acceptors (Lipinski definition) is 7. The van der Waals surface area contributed by atoms with Gasteiger partial charge in [0, 0.05) is 30.0 Å². The minimum absolute atomic E-state index is 0.126. The molecule has 0 saturated heterocycles. The molecule has 2 aliphatic rings. The minimum Gasteiger partial charge on any atom is -0.496 e. The van der Waals surface area contributed by atoms with Gasteiger partial charge in [-0.25, -0.2) is 4.39 Å². The molecule has 9 heteroatoms. The molecule has 0 bridgehead atoms. The predicted octanol–water partition coefficient (Wildman–Crippen LogP) is 3.12. The monoisotopic (exact) mass is 478 g/mol. The van der Waals surface area contributed by atoms with E-state index in [0.717, 1.165) is 5.56 Å². The van der Waals surface area contributed by atoms with Crippen molar-refractivity contribution in [2.75, 3.05) is 21.3 Å².